The van der Waals surface area contributed by atoms with Crippen LogP contribution in [0.3, 0.4) is 0 Å². The lowest BCUT2D eigenvalue weighted by atomic mass is 10.2. The van der Waals surface area contributed by atoms with Crippen LogP contribution in [0.4, 0.5) is 15.7 Å². The number of benzene rings is 2. The Kier molecular flexibility index (Phi) is 4.68. The van der Waals surface area contributed by atoms with E-state index in [1.165, 1.54) is 11.3 Å². The second kappa shape index (κ2) is 7.51. The molecule has 9 heteroatoms. The quantitative estimate of drug-likeness (QED) is 0.396. The van der Waals surface area contributed by atoms with Gasteiger partial charge in [-0.1, -0.05) is 41.7 Å². The van der Waals surface area contributed by atoms with Gasteiger partial charge in [0.1, 0.15) is 0 Å². The Balaban J connectivity index is 1.32. The molecule has 5 aromatic rings. The van der Waals surface area contributed by atoms with Gasteiger partial charge < -0.3 is 0 Å². The van der Waals surface area contributed by atoms with Gasteiger partial charge in [0.2, 0.25) is 0 Å². The van der Waals surface area contributed by atoms with Crippen molar-refractivity contribution in [2.45, 2.75) is 20.4 Å². The van der Waals surface area contributed by atoms with Crippen molar-refractivity contribution in [3.63, 3.8) is 0 Å². The van der Waals surface area contributed by atoms with Crippen LogP contribution in [-0.4, -0.2) is 25.8 Å². The molecule has 3 heterocycles. The van der Waals surface area contributed by atoms with Crippen LogP contribution in [0, 0.1) is 13.8 Å². The van der Waals surface area contributed by atoms with Crippen molar-refractivity contribution < 1.29 is 4.79 Å². The highest BCUT2D eigenvalue weighted by atomic mass is 32.1. The molecule has 3 aromatic heterocycles. The predicted octanol–water partition coefficient (Wildman–Crippen LogP) is 5.41. The number of rotatable bonds is 4. The molecular formula is C21H18N6OS2. The van der Waals surface area contributed by atoms with E-state index in [1.807, 2.05) is 67.2 Å². The monoisotopic (exact) mass is 434 g/mol. The summed E-state index contributed by atoms with van der Waals surface area (Å²) in [6, 6.07) is 13.6. The number of anilines is 2. The van der Waals surface area contributed by atoms with Crippen LogP contribution in [0.5, 0.6) is 0 Å². The van der Waals surface area contributed by atoms with Crippen LogP contribution in [0.1, 0.15) is 16.1 Å². The Morgan fingerprint density at radius 2 is 1.70 bits per heavy atom. The van der Waals surface area contributed by atoms with Crippen LogP contribution < -0.4 is 10.6 Å². The van der Waals surface area contributed by atoms with Crippen LogP contribution in [-0.2, 0) is 6.54 Å². The molecule has 2 amide bonds. The maximum atomic E-state index is 12.5. The van der Waals surface area contributed by atoms with Gasteiger partial charge in [-0.3, -0.25) is 15.3 Å². The minimum absolute atomic E-state index is 0.362. The fourth-order valence-electron chi connectivity index (χ4n) is 3.27. The summed E-state index contributed by atoms with van der Waals surface area (Å²) in [7, 11) is 0. The third-order valence-electron chi connectivity index (χ3n) is 4.60. The molecule has 0 saturated carbocycles. The van der Waals surface area contributed by atoms with Crippen molar-refractivity contribution in [2.75, 3.05) is 10.6 Å². The molecular weight excluding hydrogens is 416 g/mol. The average molecular weight is 435 g/mol. The van der Waals surface area contributed by atoms with E-state index in [1.54, 1.807) is 11.3 Å². The molecule has 0 spiro atoms. The van der Waals surface area contributed by atoms with Crippen LogP contribution in [0.15, 0.2) is 48.7 Å². The van der Waals surface area contributed by atoms with E-state index in [9.17, 15) is 4.79 Å². The van der Waals surface area contributed by atoms with Gasteiger partial charge in [0.25, 0.3) is 0 Å². The standard InChI is InChI=1S/C21H18N6OS2/c1-12-10-27(11-14-6-4-3-5-7-14)26-19(12)24-20(28)25-21-23-16-9-8-15-17(18(16)30-21)29-13(2)22-15/h3-10H,11H2,1-2H3,(H2,23,24,25,26,28). The number of nitrogens with one attached hydrogen (secondary N) is 2. The zero-order valence-electron chi connectivity index (χ0n) is 16.3. The largest absolute Gasteiger partial charge is 0.326 e. The first-order valence-electron chi connectivity index (χ1n) is 9.38. The number of hydrogen-bond donors (Lipinski definition) is 2. The molecule has 0 bridgehead atoms. The summed E-state index contributed by atoms with van der Waals surface area (Å²) in [6.07, 6.45) is 1.92. The number of carbonyl (C=O) groups is 1. The van der Waals surface area contributed by atoms with Gasteiger partial charge in [-0.2, -0.15) is 5.10 Å². The maximum absolute atomic E-state index is 12.5. The minimum atomic E-state index is -0.362. The zero-order chi connectivity index (χ0) is 20.7. The summed E-state index contributed by atoms with van der Waals surface area (Å²) in [5.41, 5.74) is 3.86. The van der Waals surface area contributed by atoms with Gasteiger partial charge in [-0.15, -0.1) is 11.3 Å². The number of aromatic nitrogens is 4. The second-order valence-electron chi connectivity index (χ2n) is 6.94. The zero-order valence-corrected chi connectivity index (χ0v) is 18.0. The molecule has 0 aliphatic rings. The lowest BCUT2D eigenvalue weighted by Crippen LogP contribution is -2.20. The Labute approximate surface area is 180 Å². The highest BCUT2D eigenvalue weighted by Crippen LogP contribution is 2.35. The average Bonchev–Trinajstić information content (AvgIpc) is 3.38. The van der Waals surface area contributed by atoms with Crippen LogP contribution in [0.25, 0.3) is 20.4 Å². The third-order valence-corrected chi connectivity index (χ3v) is 6.74. The van der Waals surface area contributed by atoms with E-state index in [0.717, 1.165) is 36.6 Å². The van der Waals surface area contributed by atoms with Gasteiger partial charge in [0.05, 0.1) is 32.0 Å². The molecule has 5 rings (SSSR count). The normalized spacial score (nSPS) is 11.3. The van der Waals surface area contributed by atoms with Crippen molar-refractivity contribution in [3.8, 4) is 0 Å². The number of hydrogen-bond acceptors (Lipinski definition) is 6. The third kappa shape index (κ3) is 3.64. The summed E-state index contributed by atoms with van der Waals surface area (Å²) in [5, 5.41) is 11.7. The van der Waals surface area contributed by atoms with Crippen molar-refractivity contribution >= 4 is 60.1 Å². The molecule has 0 radical (unpaired) electrons. The van der Waals surface area contributed by atoms with Crippen molar-refractivity contribution in [1.29, 1.82) is 0 Å². The Morgan fingerprint density at radius 3 is 2.50 bits per heavy atom. The van der Waals surface area contributed by atoms with Gasteiger partial charge >= 0.3 is 6.03 Å². The van der Waals surface area contributed by atoms with E-state index in [0.29, 0.717) is 17.5 Å². The molecule has 7 nitrogen and oxygen atoms in total. The molecule has 2 N–H and O–H groups in total. The van der Waals surface area contributed by atoms with Gasteiger partial charge in [0.15, 0.2) is 10.9 Å². The van der Waals surface area contributed by atoms with Gasteiger partial charge in [-0.25, -0.2) is 14.8 Å². The molecule has 30 heavy (non-hydrogen) atoms. The van der Waals surface area contributed by atoms with E-state index >= 15 is 0 Å². The van der Waals surface area contributed by atoms with E-state index in [4.69, 9.17) is 0 Å². The molecule has 0 unspecified atom stereocenters. The maximum Gasteiger partial charge on any atom is 0.326 e. The van der Waals surface area contributed by atoms with Gasteiger partial charge in [-0.05, 0) is 31.5 Å². The van der Waals surface area contributed by atoms with E-state index in [2.05, 4.69) is 25.7 Å². The SMILES string of the molecule is Cc1nc2ccc3nc(NC(=O)Nc4nn(Cc5ccccc5)cc4C)sc3c2s1. The topological polar surface area (TPSA) is 84.7 Å². The Morgan fingerprint density at radius 1 is 0.967 bits per heavy atom. The molecule has 0 saturated heterocycles. The molecule has 0 fully saturated rings. The number of thiazole rings is 2. The lowest BCUT2D eigenvalue weighted by Gasteiger charge is -2.03. The van der Waals surface area contributed by atoms with E-state index < -0.39 is 0 Å². The number of nitrogens with zero attached hydrogens (tertiary/aromatic N) is 4. The fraction of sp³-hybridized carbons (Fsp3) is 0.143. The molecule has 2 aromatic carbocycles. The Hall–Kier alpha value is -3.30. The number of fused-ring (bicyclic) bond motifs is 3. The molecule has 0 atom stereocenters. The van der Waals surface area contributed by atoms with E-state index in [-0.39, 0.29) is 6.03 Å². The molecule has 0 aliphatic heterocycles. The van der Waals surface area contributed by atoms with Crippen LogP contribution in [0.2, 0.25) is 0 Å². The summed E-state index contributed by atoms with van der Waals surface area (Å²) in [6.45, 7) is 4.56. The number of carbonyl (C=O) groups excluding carboxylic acids is 1. The first-order chi connectivity index (χ1) is 14.5. The Bertz CT molecular complexity index is 1370. The highest BCUT2D eigenvalue weighted by Gasteiger charge is 2.14. The van der Waals surface area contributed by atoms with Crippen molar-refractivity contribution in [2.24, 2.45) is 0 Å². The molecule has 0 aliphatic carbocycles. The highest BCUT2D eigenvalue weighted by molar-refractivity contribution is 7.28. The number of aryl methyl sites for hydroxylation is 2. The van der Waals surface area contributed by atoms with Crippen LogP contribution >= 0.6 is 22.7 Å². The molecule has 150 valence electrons. The smallest absolute Gasteiger partial charge is 0.290 e. The second-order valence-corrected chi connectivity index (χ2v) is 9.14. The summed E-state index contributed by atoms with van der Waals surface area (Å²) in [5.74, 6) is 0.532. The van der Waals surface area contributed by atoms with Gasteiger partial charge in [0, 0.05) is 11.8 Å². The first-order valence-corrected chi connectivity index (χ1v) is 11.0. The summed E-state index contributed by atoms with van der Waals surface area (Å²) in [4.78, 5) is 21.6. The number of amides is 2. The fourth-order valence-corrected chi connectivity index (χ4v) is 5.27. The van der Waals surface area contributed by atoms with Crippen molar-refractivity contribution in [3.05, 3.63) is 64.8 Å². The first kappa shape index (κ1) is 18.7. The lowest BCUT2D eigenvalue weighted by molar-refractivity contribution is 0.262. The minimum Gasteiger partial charge on any atom is -0.290 e. The van der Waals surface area contributed by atoms with Crippen molar-refractivity contribution in [1.82, 2.24) is 19.7 Å². The predicted molar refractivity (Wildman–Crippen MR) is 123 cm³/mol. The summed E-state index contributed by atoms with van der Waals surface area (Å²) >= 11 is 3.09. The number of urea groups is 1. The summed E-state index contributed by atoms with van der Waals surface area (Å²) < 4.78 is 3.96.